The van der Waals surface area contributed by atoms with Crippen LogP contribution < -0.4 is 4.31 Å². The lowest BCUT2D eigenvalue weighted by Gasteiger charge is -2.26. The van der Waals surface area contributed by atoms with Crippen molar-refractivity contribution in [1.29, 1.82) is 0 Å². The lowest BCUT2D eigenvalue weighted by molar-refractivity contribution is -0.143. The Labute approximate surface area is 188 Å². The molecule has 32 heavy (non-hydrogen) atoms. The average molecular weight is 514 g/mol. The Morgan fingerprint density at radius 3 is 1.56 bits per heavy atom. The van der Waals surface area contributed by atoms with Crippen molar-refractivity contribution in [3.63, 3.8) is 0 Å². The van der Waals surface area contributed by atoms with Crippen LogP contribution in [0.25, 0.3) is 0 Å². The standard InChI is InChI=1S/C20H11Cl2F6NO2S/c21-14-9-15(22)11-17(10-14)29(16-4-2-1-3-5-16)32(30,31)18-7-12(19(23,24)25)6-13(8-18)20(26,27)28/h1-11H. The van der Waals surface area contributed by atoms with Crippen LogP contribution in [-0.2, 0) is 22.4 Å². The molecule has 0 amide bonds. The molecule has 3 aromatic carbocycles. The summed E-state index contributed by atoms with van der Waals surface area (Å²) in [6.45, 7) is 0. The third kappa shape index (κ3) is 5.13. The summed E-state index contributed by atoms with van der Waals surface area (Å²) in [4.78, 5) is -1.21. The quantitative estimate of drug-likeness (QED) is 0.337. The van der Waals surface area contributed by atoms with Crippen molar-refractivity contribution in [2.24, 2.45) is 0 Å². The van der Waals surface area contributed by atoms with E-state index in [1.54, 1.807) is 6.07 Å². The average Bonchev–Trinajstić information content (AvgIpc) is 2.66. The normalized spacial score (nSPS) is 12.6. The van der Waals surface area contributed by atoms with Gasteiger partial charge in [-0.25, -0.2) is 12.7 Å². The molecule has 0 heterocycles. The molecule has 170 valence electrons. The Kier molecular flexibility index (Phi) is 6.43. The SMILES string of the molecule is O=S(=O)(c1cc(C(F)(F)F)cc(C(F)(F)F)c1)N(c1ccccc1)c1cc(Cl)cc(Cl)c1. The Balaban J connectivity index is 2.33. The zero-order valence-electron chi connectivity index (χ0n) is 15.5. The topological polar surface area (TPSA) is 37.4 Å². The first-order valence-corrected chi connectivity index (χ1v) is 10.7. The second-order valence-corrected chi connectivity index (χ2v) is 9.13. The largest absolute Gasteiger partial charge is 0.416 e. The van der Waals surface area contributed by atoms with Crippen molar-refractivity contribution in [1.82, 2.24) is 0 Å². The molecule has 12 heteroatoms. The fourth-order valence-corrected chi connectivity index (χ4v) is 4.89. The van der Waals surface area contributed by atoms with E-state index in [-0.39, 0.29) is 39.6 Å². The van der Waals surface area contributed by atoms with Crippen molar-refractivity contribution < 1.29 is 34.8 Å². The Hall–Kier alpha value is -2.43. The van der Waals surface area contributed by atoms with Crippen molar-refractivity contribution in [2.45, 2.75) is 17.2 Å². The van der Waals surface area contributed by atoms with E-state index in [1.165, 1.54) is 30.3 Å². The number of benzene rings is 3. The molecule has 0 aliphatic rings. The van der Waals surface area contributed by atoms with E-state index in [0.717, 1.165) is 12.1 Å². The van der Waals surface area contributed by atoms with Crippen molar-refractivity contribution in [3.8, 4) is 0 Å². The van der Waals surface area contributed by atoms with E-state index in [1.807, 2.05) is 0 Å². The molecule has 0 N–H and O–H groups in total. The molecule has 0 saturated carbocycles. The summed E-state index contributed by atoms with van der Waals surface area (Å²) in [6.07, 6.45) is -10.4. The molecule has 0 aliphatic heterocycles. The van der Waals surface area contributed by atoms with Crippen molar-refractivity contribution in [2.75, 3.05) is 4.31 Å². The minimum absolute atomic E-state index is 0.00338. The van der Waals surface area contributed by atoms with Crippen LogP contribution in [-0.4, -0.2) is 8.42 Å². The van der Waals surface area contributed by atoms with Gasteiger partial charge in [-0.1, -0.05) is 41.4 Å². The fraction of sp³-hybridized carbons (Fsp3) is 0.100. The molecular formula is C20H11Cl2F6NO2S. The van der Waals surface area contributed by atoms with Gasteiger partial charge in [0.2, 0.25) is 0 Å². The molecule has 0 radical (unpaired) electrons. The molecule has 0 aromatic heterocycles. The van der Waals surface area contributed by atoms with Gasteiger partial charge >= 0.3 is 12.4 Å². The first kappa shape index (κ1) is 24.2. The van der Waals surface area contributed by atoms with Gasteiger partial charge in [-0.05, 0) is 48.5 Å². The number of anilines is 2. The van der Waals surface area contributed by atoms with Crippen molar-refractivity contribution >= 4 is 44.6 Å². The maximum absolute atomic E-state index is 13.4. The summed E-state index contributed by atoms with van der Waals surface area (Å²) in [5.41, 5.74) is -3.76. The van der Waals surface area contributed by atoms with E-state index in [0.29, 0.717) is 4.31 Å². The van der Waals surface area contributed by atoms with E-state index in [4.69, 9.17) is 23.2 Å². The molecule has 0 aliphatic carbocycles. The minimum Gasteiger partial charge on any atom is -0.234 e. The number of nitrogens with zero attached hydrogens (tertiary/aromatic N) is 1. The van der Waals surface area contributed by atoms with Crippen LogP contribution in [0, 0.1) is 0 Å². The predicted molar refractivity (Wildman–Crippen MR) is 109 cm³/mol. The highest BCUT2D eigenvalue weighted by molar-refractivity contribution is 7.93. The summed E-state index contributed by atoms with van der Waals surface area (Å²) in [5, 5.41) is 0.00677. The number of halogens is 8. The number of para-hydroxylation sites is 1. The second-order valence-electron chi connectivity index (χ2n) is 6.47. The third-order valence-electron chi connectivity index (χ3n) is 4.17. The van der Waals surface area contributed by atoms with Gasteiger partial charge in [0.1, 0.15) is 0 Å². The summed E-state index contributed by atoms with van der Waals surface area (Å²) in [6, 6.07) is 10.8. The van der Waals surface area contributed by atoms with Crippen LogP contribution in [0.3, 0.4) is 0 Å². The summed E-state index contributed by atoms with van der Waals surface area (Å²) in [5.74, 6) is 0. The van der Waals surface area contributed by atoms with Crippen molar-refractivity contribution in [3.05, 3.63) is 87.9 Å². The summed E-state index contributed by atoms with van der Waals surface area (Å²) in [7, 11) is -4.99. The van der Waals surface area contributed by atoms with Gasteiger partial charge in [-0.2, -0.15) is 26.3 Å². The summed E-state index contributed by atoms with van der Waals surface area (Å²) >= 11 is 11.9. The second kappa shape index (κ2) is 8.49. The highest BCUT2D eigenvalue weighted by Crippen LogP contribution is 2.40. The van der Waals surface area contributed by atoms with Crippen LogP contribution in [0.4, 0.5) is 37.7 Å². The monoisotopic (exact) mass is 513 g/mol. The van der Waals surface area contributed by atoms with Crippen LogP contribution in [0.1, 0.15) is 11.1 Å². The number of sulfonamides is 1. The maximum atomic E-state index is 13.4. The summed E-state index contributed by atoms with van der Waals surface area (Å²) < 4.78 is 107. The van der Waals surface area contributed by atoms with Crippen LogP contribution >= 0.6 is 23.2 Å². The van der Waals surface area contributed by atoms with E-state index >= 15 is 0 Å². The lowest BCUT2D eigenvalue weighted by atomic mass is 10.1. The van der Waals surface area contributed by atoms with Crippen LogP contribution in [0.2, 0.25) is 10.0 Å². The zero-order valence-corrected chi connectivity index (χ0v) is 17.9. The first-order chi connectivity index (χ1) is 14.7. The molecule has 0 atom stereocenters. The lowest BCUT2D eigenvalue weighted by Crippen LogP contribution is -2.27. The van der Waals surface area contributed by atoms with Gasteiger partial charge < -0.3 is 0 Å². The molecule has 0 bridgehead atoms. The molecule has 3 nitrogen and oxygen atoms in total. The Morgan fingerprint density at radius 1 is 0.656 bits per heavy atom. The molecule has 0 fully saturated rings. The zero-order chi connectivity index (χ0) is 23.9. The molecular weight excluding hydrogens is 503 g/mol. The predicted octanol–water partition coefficient (Wildman–Crippen LogP) is 7.56. The fourth-order valence-electron chi connectivity index (χ4n) is 2.83. The van der Waals surface area contributed by atoms with Crippen LogP contribution in [0.15, 0.2) is 71.6 Å². The van der Waals surface area contributed by atoms with Gasteiger partial charge in [0.05, 0.1) is 27.4 Å². The minimum atomic E-state index is -5.22. The maximum Gasteiger partial charge on any atom is 0.416 e. The van der Waals surface area contributed by atoms with Gasteiger partial charge in [0.25, 0.3) is 10.0 Å². The highest BCUT2D eigenvalue weighted by Gasteiger charge is 2.39. The van der Waals surface area contributed by atoms with Gasteiger partial charge in [-0.15, -0.1) is 0 Å². The van der Waals surface area contributed by atoms with Crippen LogP contribution in [0.5, 0.6) is 0 Å². The molecule has 0 unspecified atom stereocenters. The van der Waals surface area contributed by atoms with E-state index in [2.05, 4.69) is 0 Å². The number of alkyl halides is 6. The number of hydrogen-bond donors (Lipinski definition) is 0. The molecule has 0 spiro atoms. The number of hydrogen-bond acceptors (Lipinski definition) is 2. The third-order valence-corrected chi connectivity index (χ3v) is 6.34. The molecule has 0 saturated heterocycles. The number of rotatable bonds is 4. The molecule has 3 aromatic rings. The van der Waals surface area contributed by atoms with Gasteiger partial charge in [-0.3, -0.25) is 0 Å². The molecule has 3 rings (SSSR count). The van der Waals surface area contributed by atoms with Gasteiger partial charge in [0.15, 0.2) is 0 Å². The Morgan fingerprint density at radius 2 is 1.12 bits per heavy atom. The smallest absolute Gasteiger partial charge is 0.234 e. The van der Waals surface area contributed by atoms with E-state index < -0.39 is 38.4 Å². The first-order valence-electron chi connectivity index (χ1n) is 8.55. The van der Waals surface area contributed by atoms with E-state index in [9.17, 15) is 34.8 Å². The van der Waals surface area contributed by atoms with Gasteiger partial charge in [0, 0.05) is 10.0 Å². The Bertz CT molecular complexity index is 1190. The highest BCUT2D eigenvalue weighted by atomic mass is 35.5.